The summed E-state index contributed by atoms with van der Waals surface area (Å²) in [5.41, 5.74) is 2.52. The third kappa shape index (κ3) is 3.92. The molecule has 0 heterocycles. The summed E-state index contributed by atoms with van der Waals surface area (Å²) in [5.74, 6) is 1.70. The molecule has 2 aromatic rings. The van der Waals surface area contributed by atoms with Crippen molar-refractivity contribution in [1.82, 2.24) is 0 Å². The first-order chi connectivity index (χ1) is 9.83. The quantitative estimate of drug-likeness (QED) is 0.778. The highest BCUT2D eigenvalue weighted by Gasteiger charge is 1.99. The van der Waals surface area contributed by atoms with Crippen LogP contribution in [0.25, 0.3) is 0 Å². The van der Waals surface area contributed by atoms with Crippen molar-refractivity contribution in [2.24, 2.45) is 0 Å². The van der Waals surface area contributed by atoms with E-state index in [1.807, 2.05) is 30.3 Å². The topological polar surface area (TPSA) is 30.5 Å². The van der Waals surface area contributed by atoms with Gasteiger partial charge in [0.05, 0.1) is 7.11 Å². The van der Waals surface area contributed by atoms with Crippen LogP contribution in [0.15, 0.2) is 48.5 Å². The fraction of sp³-hybridized carbons (Fsp3) is 0.294. The second-order valence-corrected chi connectivity index (χ2v) is 4.46. The molecule has 2 aromatic carbocycles. The average Bonchev–Trinajstić information content (AvgIpc) is 2.52. The van der Waals surface area contributed by atoms with Gasteiger partial charge in [-0.05, 0) is 42.3 Å². The SMILES string of the molecule is CCc1ccccc1NCCOc1ccc(OC)cc1. The first-order valence-electron chi connectivity index (χ1n) is 6.92. The van der Waals surface area contributed by atoms with E-state index in [9.17, 15) is 0 Å². The third-order valence-corrected chi connectivity index (χ3v) is 3.14. The molecule has 0 spiro atoms. The molecular weight excluding hydrogens is 250 g/mol. The highest BCUT2D eigenvalue weighted by atomic mass is 16.5. The highest BCUT2D eigenvalue weighted by molar-refractivity contribution is 5.51. The molecule has 0 aliphatic carbocycles. The molecule has 0 amide bonds. The predicted octanol–water partition coefficient (Wildman–Crippen LogP) is 3.75. The number of ether oxygens (including phenoxy) is 2. The maximum atomic E-state index is 5.68. The monoisotopic (exact) mass is 271 g/mol. The van der Waals surface area contributed by atoms with Gasteiger partial charge >= 0.3 is 0 Å². The minimum absolute atomic E-state index is 0.629. The number of aryl methyl sites for hydroxylation is 1. The molecule has 20 heavy (non-hydrogen) atoms. The van der Waals surface area contributed by atoms with E-state index >= 15 is 0 Å². The molecule has 0 aromatic heterocycles. The lowest BCUT2D eigenvalue weighted by Crippen LogP contribution is -2.12. The van der Waals surface area contributed by atoms with E-state index in [2.05, 4.69) is 30.4 Å². The summed E-state index contributed by atoms with van der Waals surface area (Å²) in [6, 6.07) is 16.0. The van der Waals surface area contributed by atoms with Gasteiger partial charge in [0.15, 0.2) is 0 Å². The minimum Gasteiger partial charge on any atom is -0.497 e. The lowest BCUT2D eigenvalue weighted by molar-refractivity contribution is 0.331. The first kappa shape index (κ1) is 14.3. The molecule has 0 saturated carbocycles. The van der Waals surface area contributed by atoms with Gasteiger partial charge in [-0.3, -0.25) is 0 Å². The van der Waals surface area contributed by atoms with Crippen LogP contribution in [-0.2, 0) is 6.42 Å². The zero-order valence-electron chi connectivity index (χ0n) is 12.1. The Morgan fingerprint density at radius 2 is 1.65 bits per heavy atom. The van der Waals surface area contributed by atoms with Crippen molar-refractivity contribution in [3.05, 3.63) is 54.1 Å². The van der Waals surface area contributed by atoms with Gasteiger partial charge in [-0.2, -0.15) is 0 Å². The van der Waals surface area contributed by atoms with Crippen LogP contribution in [0.4, 0.5) is 5.69 Å². The van der Waals surface area contributed by atoms with E-state index in [-0.39, 0.29) is 0 Å². The number of benzene rings is 2. The van der Waals surface area contributed by atoms with Crippen molar-refractivity contribution in [3.8, 4) is 11.5 Å². The molecule has 3 heteroatoms. The summed E-state index contributed by atoms with van der Waals surface area (Å²) in [6.45, 7) is 3.57. The molecule has 2 rings (SSSR count). The molecule has 1 N–H and O–H groups in total. The van der Waals surface area contributed by atoms with Crippen LogP contribution in [-0.4, -0.2) is 20.3 Å². The number of hydrogen-bond acceptors (Lipinski definition) is 3. The Balaban J connectivity index is 1.78. The molecule has 0 saturated heterocycles. The minimum atomic E-state index is 0.629. The van der Waals surface area contributed by atoms with Gasteiger partial charge in [0.1, 0.15) is 18.1 Å². The summed E-state index contributed by atoms with van der Waals surface area (Å²) in [4.78, 5) is 0. The molecule has 3 nitrogen and oxygen atoms in total. The van der Waals surface area contributed by atoms with Crippen LogP contribution in [0.5, 0.6) is 11.5 Å². The Kier molecular flexibility index (Phi) is 5.30. The van der Waals surface area contributed by atoms with Crippen LogP contribution >= 0.6 is 0 Å². The molecule has 0 aliphatic heterocycles. The molecule has 0 unspecified atom stereocenters. The predicted molar refractivity (Wildman–Crippen MR) is 82.8 cm³/mol. The zero-order valence-corrected chi connectivity index (χ0v) is 12.1. The normalized spacial score (nSPS) is 10.1. The van der Waals surface area contributed by atoms with Crippen LogP contribution in [0.2, 0.25) is 0 Å². The van der Waals surface area contributed by atoms with Gasteiger partial charge in [-0.1, -0.05) is 25.1 Å². The molecule has 0 bridgehead atoms. The number of hydrogen-bond donors (Lipinski definition) is 1. The van der Waals surface area contributed by atoms with Gasteiger partial charge in [0, 0.05) is 12.2 Å². The van der Waals surface area contributed by atoms with E-state index in [1.54, 1.807) is 7.11 Å². The van der Waals surface area contributed by atoms with Crippen molar-refractivity contribution in [3.63, 3.8) is 0 Å². The van der Waals surface area contributed by atoms with E-state index < -0.39 is 0 Å². The Morgan fingerprint density at radius 3 is 2.35 bits per heavy atom. The fourth-order valence-electron chi connectivity index (χ4n) is 2.03. The van der Waals surface area contributed by atoms with Crippen LogP contribution in [0.1, 0.15) is 12.5 Å². The summed E-state index contributed by atoms with van der Waals surface area (Å²) < 4.78 is 10.8. The Hall–Kier alpha value is -2.16. The Labute approximate surface area is 120 Å². The van der Waals surface area contributed by atoms with E-state index in [0.717, 1.165) is 24.5 Å². The van der Waals surface area contributed by atoms with Crippen LogP contribution in [0, 0.1) is 0 Å². The Bertz CT molecular complexity index is 523. The molecule has 0 aliphatic rings. The Morgan fingerprint density at radius 1 is 0.950 bits per heavy atom. The first-order valence-corrected chi connectivity index (χ1v) is 6.92. The summed E-state index contributed by atoms with van der Waals surface area (Å²) in [6.07, 6.45) is 1.03. The van der Waals surface area contributed by atoms with Gasteiger partial charge in [-0.15, -0.1) is 0 Å². The second-order valence-electron chi connectivity index (χ2n) is 4.46. The standard InChI is InChI=1S/C17H21NO2/c1-3-14-6-4-5-7-17(14)18-12-13-20-16-10-8-15(19-2)9-11-16/h4-11,18H,3,12-13H2,1-2H3. The number of nitrogens with one attached hydrogen (secondary N) is 1. The third-order valence-electron chi connectivity index (χ3n) is 3.14. The van der Waals surface area contributed by atoms with Gasteiger partial charge in [0.2, 0.25) is 0 Å². The van der Waals surface area contributed by atoms with E-state index in [1.165, 1.54) is 11.3 Å². The second kappa shape index (κ2) is 7.43. The maximum Gasteiger partial charge on any atom is 0.119 e. The summed E-state index contributed by atoms with van der Waals surface area (Å²) in [5, 5.41) is 3.41. The zero-order chi connectivity index (χ0) is 14.2. The maximum absolute atomic E-state index is 5.68. The van der Waals surface area contributed by atoms with Gasteiger partial charge < -0.3 is 14.8 Å². The number of rotatable bonds is 7. The highest BCUT2D eigenvalue weighted by Crippen LogP contribution is 2.17. The van der Waals surface area contributed by atoms with Crippen molar-refractivity contribution < 1.29 is 9.47 Å². The molecule has 106 valence electrons. The van der Waals surface area contributed by atoms with Crippen LogP contribution in [0.3, 0.4) is 0 Å². The van der Waals surface area contributed by atoms with Crippen LogP contribution < -0.4 is 14.8 Å². The number of methoxy groups -OCH3 is 1. The fourth-order valence-corrected chi connectivity index (χ4v) is 2.03. The molecular formula is C17H21NO2. The summed E-state index contributed by atoms with van der Waals surface area (Å²) >= 11 is 0. The summed E-state index contributed by atoms with van der Waals surface area (Å²) in [7, 11) is 1.66. The molecule has 0 radical (unpaired) electrons. The van der Waals surface area contributed by atoms with Gasteiger partial charge in [0.25, 0.3) is 0 Å². The number of anilines is 1. The van der Waals surface area contributed by atoms with Gasteiger partial charge in [-0.25, -0.2) is 0 Å². The smallest absolute Gasteiger partial charge is 0.119 e. The van der Waals surface area contributed by atoms with Crippen molar-refractivity contribution in [1.29, 1.82) is 0 Å². The van der Waals surface area contributed by atoms with E-state index in [0.29, 0.717) is 6.61 Å². The number of para-hydroxylation sites is 1. The molecule has 0 atom stereocenters. The lowest BCUT2D eigenvalue weighted by atomic mass is 10.1. The average molecular weight is 271 g/mol. The van der Waals surface area contributed by atoms with Crippen molar-refractivity contribution in [2.75, 3.05) is 25.6 Å². The van der Waals surface area contributed by atoms with E-state index in [4.69, 9.17) is 9.47 Å². The van der Waals surface area contributed by atoms with Crippen molar-refractivity contribution >= 4 is 5.69 Å². The van der Waals surface area contributed by atoms with Crippen molar-refractivity contribution in [2.45, 2.75) is 13.3 Å². The lowest BCUT2D eigenvalue weighted by Gasteiger charge is -2.11. The largest absolute Gasteiger partial charge is 0.497 e. The molecule has 0 fully saturated rings.